The first-order chi connectivity index (χ1) is 8.90. The fourth-order valence-electron chi connectivity index (χ4n) is 2.25. The molecule has 1 N–H and O–H groups in total. The van der Waals surface area contributed by atoms with Gasteiger partial charge in [-0.3, -0.25) is 0 Å². The van der Waals surface area contributed by atoms with Crippen molar-refractivity contribution in [2.24, 2.45) is 0 Å². The van der Waals surface area contributed by atoms with E-state index in [1.54, 1.807) is 0 Å². The van der Waals surface area contributed by atoms with Crippen LogP contribution >= 0.6 is 0 Å². The SMILES string of the molecule is CCNCC(Cc1ccccc1)c1ccccc1. The second-order valence-corrected chi connectivity index (χ2v) is 4.61. The molecule has 0 fully saturated rings. The molecule has 0 spiro atoms. The van der Waals surface area contributed by atoms with Crippen molar-refractivity contribution in [1.82, 2.24) is 5.32 Å². The second kappa shape index (κ2) is 6.97. The maximum absolute atomic E-state index is 3.47. The normalized spacial score (nSPS) is 12.3. The molecule has 0 heterocycles. The van der Waals surface area contributed by atoms with Crippen LogP contribution in [0.15, 0.2) is 60.7 Å². The topological polar surface area (TPSA) is 12.0 Å². The van der Waals surface area contributed by atoms with E-state index in [0.717, 1.165) is 19.5 Å². The molecular weight excluding hydrogens is 218 g/mol. The lowest BCUT2D eigenvalue weighted by atomic mass is 9.92. The van der Waals surface area contributed by atoms with Gasteiger partial charge in [0.25, 0.3) is 0 Å². The third-order valence-electron chi connectivity index (χ3n) is 3.24. The summed E-state index contributed by atoms with van der Waals surface area (Å²) in [5.41, 5.74) is 2.83. The monoisotopic (exact) mass is 239 g/mol. The average Bonchev–Trinajstić information content (AvgIpc) is 2.45. The third-order valence-corrected chi connectivity index (χ3v) is 3.24. The van der Waals surface area contributed by atoms with Crippen LogP contribution in [0.1, 0.15) is 24.0 Å². The van der Waals surface area contributed by atoms with Crippen molar-refractivity contribution in [3.8, 4) is 0 Å². The molecule has 0 radical (unpaired) electrons. The molecule has 1 atom stereocenters. The largest absolute Gasteiger partial charge is 0.316 e. The molecule has 18 heavy (non-hydrogen) atoms. The first-order valence-electron chi connectivity index (χ1n) is 6.69. The first-order valence-corrected chi connectivity index (χ1v) is 6.69. The number of hydrogen-bond donors (Lipinski definition) is 1. The number of rotatable bonds is 6. The Morgan fingerprint density at radius 2 is 1.50 bits per heavy atom. The summed E-state index contributed by atoms with van der Waals surface area (Å²) in [5.74, 6) is 0.550. The molecule has 1 nitrogen and oxygen atoms in total. The zero-order valence-corrected chi connectivity index (χ0v) is 11.0. The molecule has 0 aliphatic carbocycles. The van der Waals surface area contributed by atoms with Gasteiger partial charge in [-0.25, -0.2) is 0 Å². The van der Waals surface area contributed by atoms with E-state index in [4.69, 9.17) is 0 Å². The quantitative estimate of drug-likeness (QED) is 0.812. The molecule has 2 aromatic carbocycles. The molecule has 0 saturated heterocycles. The predicted molar refractivity (Wildman–Crippen MR) is 77.9 cm³/mol. The lowest BCUT2D eigenvalue weighted by molar-refractivity contribution is 0.595. The Labute approximate surface area is 110 Å². The van der Waals surface area contributed by atoms with E-state index in [-0.39, 0.29) is 0 Å². The number of benzene rings is 2. The van der Waals surface area contributed by atoms with Crippen LogP contribution in [0.25, 0.3) is 0 Å². The Morgan fingerprint density at radius 1 is 0.889 bits per heavy atom. The summed E-state index contributed by atoms with van der Waals surface area (Å²) in [6.45, 7) is 4.22. The predicted octanol–water partition coefficient (Wildman–Crippen LogP) is 3.62. The highest BCUT2D eigenvalue weighted by Crippen LogP contribution is 2.20. The van der Waals surface area contributed by atoms with E-state index in [0.29, 0.717) is 5.92 Å². The maximum atomic E-state index is 3.47. The molecule has 0 saturated carbocycles. The fourth-order valence-corrected chi connectivity index (χ4v) is 2.25. The maximum Gasteiger partial charge on any atom is 0.00232 e. The highest BCUT2D eigenvalue weighted by atomic mass is 14.8. The van der Waals surface area contributed by atoms with Gasteiger partial charge in [-0.2, -0.15) is 0 Å². The standard InChI is InChI=1S/C17H21N/c1-2-18-14-17(16-11-7-4-8-12-16)13-15-9-5-3-6-10-15/h3-12,17-18H,2,13-14H2,1H3. The Bertz CT molecular complexity index is 436. The molecule has 1 unspecified atom stereocenters. The molecule has 0 aliphatic heterocycles. The highest BCUT2D eigenvalue weighted by molar-refractivity contribution is 5.24. The third kappa shape index (κ3) is 3.71. The minimum atomic E-state index is 0.550. The minimum Gasteiger partial charge on any atom is -0.316 e. The van der Waals surface area contributed by atoms with E-state index in [2.05, 4.69) is 72.9 Å². The van der Waals surface area contributed by atoms with Crippen molar-refractivity contribution in [2.45, 2.75) is 19.3 Å². The Kier molecular flexibility index (Phi) is 4.98. The van der Waals surface area contributed by atoms with E-state index in [1.165, 1.54) is 11.1 Å². The smallest absolute Gasteiger partial charge is 0.00232 e. The van der Waals surface area contributed by atoms with Gasteiger partial charge in [-0.1, -0.05) is 67.6 Å². The van der Waals surface area contributed by atoms with E-state index >= 15 is 0 Å². The van der Waals surface area contributed by atoms with E-state index in [9.17, 15) is 0 Å². The van der Waals surface area contributed by atoms with E-state index in [1.807, 2.05) is 0 Å². The van der Waals surface area contributed by atoms with Crippen molar-refractivity contribution in [3.05, 3.63) is 71.8 Å². The zero-order chi connectivity index (χ0) is 12.6. The van der Waals surface area contributed by atoms with Gasteiger partial charge in [0.15, 0.2) is 0 Å². The Hall–Kier alpha value is -1.60. The van der Waals surface area contributed by atoms with Crippen molar-refractivity contribution >= 4 is 0 Å². The van der Waals surface area contributed by atoms with Gasteiger partial charge in [0.2, 0.25) is 0 Å². The van der Waals surface area contributed by atoms with Gasteiger partial charge < -0.3 is 5.32 Å². The number of hydrogen-bond acceptors (Lipinski definition) is 1. The van der Waals surface area contributed by atoms with Crippen molar-refractivity contribution in [3.63, 3.8) is 0 Å². The van der Waals surface area contributed by atoms with Crippen molar-refractivity contribution < 1.29 is 0 Å². The van der Waals surface area contributed by atoms with Gasteiger partial charge >= 0.3 is 0 Å². The molecule has 0 aliphatic rings. The lowest BCUT2D eigenvalue weighted by Crippen LogP contribution is -2.22. The van der Waals surface area contributed by atoms with Crippen LogP contribution < -0.4 is 5.32 Å². The van der Waals surface area contributed by atoms with Crippen molar-refractivity contribution in [2.75, 3.05) is 13.1 Å². The minimum absolute atomic E-state index is 0.550. The first kappa shape index (κ1) is 12.8. The van der Waals surface area contributed by atoms with Crippen molar-refractivity contribution in [1.29, 1.82) is 0 Å². The molecule has 2 rings (SSSR count). The van der Waals surface area contributed by atoms with Crippen LogP contribution in [0, 0.1) is 0 Å². The van der Waals surface area contributed by atoms with Gasteiger partial charge in [0.05, 0.1) is 0 Å². The fraction of sp³-hybridized carbons (Fsp3) is 0.294. The highest BCUT2D eigenvalue weighted by Gasteiger charge is 2.11. The number of nitrogens with one attached hydrogen (secondary N) is 1. The van der Waals surface area contributed by atoms with Crippen LogP contribution in [0.2, 0.25) is 0 Å². The zero-order valence-electron chi connectivity index (χ0n) is 11.0. The molecule has 0 amide bonds. The van der Waals surface area contributed by atoms with Crippen LogP contribution in [0.3, 0.4) is 0 Å². The molecular formula is C17H21N. The van der Waals surface area contributed by atoms with Gasteiger partial charge in [0, 0.05) is 12.5 Å². The molecule has 0 bridgehead atoms. The summed E-state index contributed by atoms with van der Waals surface area (Å²) in [5, 5.41) is 3.47. The van der Waals surface area contributed by atoms with Crippen LogP contribution in [-0.4, -0.2) is 13.1 Å². The number of likely N-dealkylation sites (N-methyl/N-ethyl adjacent to an activating group) is 1. The Balaban J connectivity index is 2.10. The van der Waals surface area contributed by atoms with E-state index < -0.39 is 0 Å². The second-order valence-electron chi connectivity index (χ2n) is 4.61. The van der Waals surface area contributed by atoms with Gasteiger partial charge in [-0.05, 0) is 24.1 Å². The molecule has 2 aromatic rings. The molecule has 94 valence electrons. The lowest BCUT2D eigenvalue weighted by Gasteiger charge is -2.18. The molecule has 0 aromatic heterocycles. The summed E-state index contributed by atoms with van der Waals surface area (Å²) in [6, 6.07) is 21.5. The summed E-state index contributed by atoms with van der Waals surface area (Å²) >= 11 is 0. The van der Waals surface area contributed by atoms with Gasteiger partial charge in [0.1, 0.15) is 0 Å². The van der Waals surface area contributed by atoms with Crippen LogP contribution in [0.4, 0.5) is 0 Å². The summed E-state index contributed by atoms with van der Waals surface area (Å²) in [7, 11) is 0. The summed E-state index contributed by atoms with van der Waals surface area (Å²) < 4.78 is 0. The average molecular weight is 239 g/mol. The molecule has 1 heteroatoms. The van der Waals surface area contributed by atoms with Crippen LogP contribution in [-0.2, 0) is 6.42 Å². The summed E-state index contributed by atoms with van der Waals surface area (Å²) in [4.78, 5) is 0. The van der Waals surface area contributed by atoms with Crippen LogP contribution in [0.5, 0.6) is 0 Å². The Morgan fingerprint density at radius 3 is 2.11 bits per heavy atom. The van der Waals surface area contributed by atoms with Gasteiger partial charge in [-0.15, -0.1) is 0 Å². The summed E-state index contributed by atoms with van der Waals surface area (Å²) in [6.07, 6.45) is 1.10.